The van der Waals surface area contributed by atoms with Crippen LogP contribution < -0.4 is 4.90 Å². The van der Waals surface area contributed by atoms with Gasteiger partial charge < -0.3 is 9.47 Å². The van der Waals surface area contributed by atoms with Gasteiger partial charge in [-0.15, -0.1) is 0 Å². The molecule has 2 amide bonds. The lowest BCUT2D eigenvalue weighted by atomic mass is 10.0. The first-order valence-electron chi connectivity index (χ1n) is 10.9. The van der Waals surface area contributed by atoms with Gasteiger partial charge in [-0.3, -0.25) is 4.79 Å². The van der Waals surface area contributed by atoms with Gasteiger partial charge in [0.15, 0.2) is 0 Å². The molecule has 0 aliphatic carbocycles. The van der Waals surface area contributed by atoms with E-state index in [9.17, 15) is 14.4 Å². The highest BCUT2D eigenvalue weighted by Gasteiger charge is 2.37. The number of imide groups is 1. The van der Waals surface area contributed by atoms with Gasteiger partial charge in [0, 0.05) is 10.9 Å². The average molecular weight is 449 g/mol. The van der Waals surface area contributed by atoms with Crippen molar-refractivity contribution in [3.05, 3.63) is 54.1 Å². The van der Waals surface area contributed by atoms with Crippen molar-refractivity contribution in [3.63, 3.8) is 0 Å². The van der Waals surface area contributed by atoms with E-state index < -0.39 is 29.3 Å². The SMILES string of the molecule is CC(C)(C)OC(=O)N1C(=O)Cc2c(n(C(=O)OC(C)(C)C)c3ccccc23)-c2ccccc21. The first-order valence-corrected chi connectivity index (χ1v) is 10.9. The van der Waals surface area contributed by atoms with Crippen molar-refractivity contribution in [2.45, 2.75) is 59.2 Å². The predicted octanol–water partition coefficient (Wildman–Crippen LogP) is 5.92. The summed E-state index contributed by atoms with van der Waals surface area (Å²) in [7, 11) is 0. The van der Waals surface area contributed by atoms with Crippen molar-refractivity contribution in [3.8, 4) is 11.3 Å². The van der Waals surface area contributed by atoms with Crippen LogP contribution in [0.2, 0.25) is 0 Å². The highest BCUT2D eigenvalue weighted by Crippen LogP contribution is 2.42. The van der Waals surface area contributed by atoms with Gasteiger partial charge in [0.2, 0.25) is 5.91 Å². The van der Waals surface area contributed by atoms with Gasteiger partial charge in [-0.1, -0.05) is 36.4 Å². The van der Waals surface area contributed by atoms with Crippen LogP contribution in [0.1, 0.15) is 47.1 Å². The predicted molar refractivity (Wildman–Crippen MR) is 126 cm³/mol. The van der Waals surface area contributed by atoms with Gasteiger partial charge in [-0.05, 0) is 59.2 Å². The smallest absolute Gasteiger partial charge is 0.421 e. The fraction of sp³-hybridized carbons (Fsp3) is 0.346. The van der Waals surface area contributed by atoms with E-state index in [0.29, 0.717) is 28.0 Å². The number of rotatable bonds is 0. The summed E-state index contributed by atoms with van der Waals surface area (Å²) in [5.74, 6) is -0.428. The zero-order valence-electron chi connectivity index (χ0n) is 19.8. The fourth-order valence-corrected chi connectivity index (χ4v) is 4.01. The molecule has 0 fully saturated rings. The largest absolute Gasteiger partial charge is 0.443 e. The van der Waals surface area contributed by atoms with Crippen molar-refractivity contribution in [2.24, 2.45) is 0 Å². The Morgan fingerprint density at radius 3 is 2.06 bits per heavy atom. The average Bonchev–Trinajstić information content (AvgIpc) is 2.93. The Morgan fingerprint density at radius 2 is 1.39 bits per heavy atom. The Bertz CT molecular complexity index is 1270. The number of aromatic nitrogens is 1. The number of carbonyl (C=O) groups is 3. The summed E-state index contributed by atoms with van der Waals surface area (Å²) in [6, 6.07) is 14.4. The molecule has 4 rings (SSSR count). The summed E-state index contributed by atoms with van der Waals surface area (Å²) in [5.41, 5.74) is 1.31. The molecule has 2 heterocycles. The number of fused-ring (bicyclic) bond motifs is 5. The lowest BCUT2D eigenvalue weighted by molar-refractivity contribution is -0.117. The minimum absolute atomic E-state index is 0.0699. The molecule has 1 aromatic heterocycles. The number of anilines is 1. The van der Waals surface area contributed by atoms with Crippen LogP contribution in [-0.2, 0) is 20.7 Å². The normalized spacial score (nSPS) is 13.9. The third kappa shape index (κ3) is 4.23. The summed E-state index contributed by atoms with van der Waals surface area (Å²) in [5, 5.41) is 0.757. The van der Waals surface area contributed by atoms with Crippen LogP contribution in [0.5, 0.6) is 0 Å². The van der Waals surface area contributed by atoms with Gasteiger partial charge in [0.05, 0.1) is 23.3 Å². The first-order chi connectivity index (χ1) is 15.4. The number of nitrogens with zero attached hydrogens (tertiary/aromatic N) is 2. The summed E-state index contributed by atoms with van der Waals surface area (Å²) in [6.45, 7) is 10.7. The van der Waals surface area contributed by atoms with E-state index in [1.807, 2.05) is 30.3 Å². The second-order valence-electron chi connectivity index (χ2n) is 10.1. The topological polar surface area (TPSA) is 77.8 Å². The first kappa shape index (κ1) is 22.6. The maximum absolute atomic E-state index is 13.4. The minimum Gasteiger partial charge on any atom is -0.443 e. The number of benzene rings is 2. The monoisotopic (exact) mass is 448 g/mol. The van der Waals surface area contributed by atoms with Crippen molar-refractivity contribution >= 4 is 34.7 Å². The van der Waals surface area contributed by atoms with Crippen molar-refractivity contribution < 1.29 is 23.9 Å². The number of ether oxygens (including phenoxy) is 2. The van der Waals surface area contributed by atoms with Crippen LogP contribution in [0.3, 0.4) is 0 Å². The van der Waals surface area contributed by atoms with Gasteiger partial charge >= 0.3 is 12.2 Å². The Balaban J connectivity index is 1.99. The number of para-hydroxylation sites is 2. The molecular weight excluding hydrogens is 420 g/mol. The van der Waals surface area contributed by atoms with E-state index in [4.69, 9.17) is 9.47 Å². The van der Waals surface area contributed by atoms with Crippen molar-refractivity contribution in [2.75, 3.05) is 4.90 Å². The van der Waals surface area contributed by atoms with Crippen LogP contribution in [0, 0.1) is 0 Å². The van der Waals surface area contributed by atoms with Gasteiger partial charge in [-0.25, -0.2) is 19.1 Å². The molecule has 7 nitrogen and oxygen atoms in total. The molecule has 33 heavy (non-hydrogen) atoms. The summed E-state index contributed by atoms with van der Waals surface area (Å²) >= 11 is 0. The molecule has 1 aliphatic heterocycles. The second kappa shape index (κ2) is 7.76. The minimum atomic E-state index is -0.774. The van der Waals surface area contributed by atoms with E-state index in [1.54, 1.807) is 59.7 Å². The molecule has 0 unspecified atom stereocenters. The molecule has 7 heteroatoms. The Kier molecular flexibility index (Phi) is 5.31. The molecule has 0 bridgehead atoms. The highest BCUT2D eigenvalue weighted by molar-refractivity contribution is 6.19. The summed E-state index contributed by atoms with van der Waals surface area (Å²) in [4.78, 5) is 40.9. The molecule has 3 aromatic rings. The second-order valence-corrected chi connectivity index (χ2v) is 10.1. The zero-order valence-corrected chi connectivity index (χ0v) is 19.8. The molecule has 1 aliphatic rings. The molecule has 0 atom stereocenters. The van der Waals surface area contributed by atoms with E-state index in [0.717, 1.165) is 10.3 Å². The summed E-state index contributed by atoms with van der Waals surface area (Å²) in [6.07, 6.45) is -1.37. The van der Waals surface area contributed by atoms with Crippen LogP contribution in [0.4, 0.5) is 15.3 Å². The maximum Gasteiger partial charge on any atom is 0.421 e. The highest BCUT2D eigenvalue weighted by atomic mass is 16.6. The molecule has 0 saturated heterocycles. The Hall–Kier alpha value is -3.61. The maximum atomic E-state index is 13.4. The summed E-state index contributed by atoms with van der Waals surface area (Å²) < 4.78 is 12.7. The van der Waals surface area contributed by atoms with Crippen LogP contribution >= 0.6 is 0 Å². The number of hydrogen-bond donors (Lipinski definition) is 0. The van der Waals surface area contributed by atoms with E-state index in [-0.39, 0.29) is 6.42 Å². The molecule has 172 valence electrons. The van der Waals surface area contributed by atoms with Crippen LogP contribution in [0.25, 0.3) is 22.2 Å². The molecule has 0 radical (unpaired) electrons. The van der Waals surface area contributed by atoms with Gasteiger partial charge in [-0.2, -0.15) is 0 Å². The zero-order chi connectivity index (χ0) is 24.1. The quantitative estimate of drug-likeness (QED) is 0.427. The standard InChI is InChI=1S/C26H28N2O5/c1-25(2,3)32-23(30)27-20-14-10-8-12-17(20)22-18(15-21(27)29)16-11-7-9-13-19(16)28(22)24(31)33-26(4,5)6/h7-14H,15H2,1-6H3. The van der Waals surface area contributed by atoms with Crippen molar-refractivity contribution in [1.29, 1.82) is 0 Å². The van der Waals surface area contributed by atoms with Crippen LogP contribution in [0.15, 0.2) is 48.5 Å². The fourth-order valence-electron chi connectivity index (χ4n) is 4.01. The molecule has 0 N–H and O–H groups in total. The Labute approximate surface area is 192 Å². The molecule has 0 spiro atoms. The molecule has 0 saturated carbocycles. The number of carbonyl (C=O) groups excluding carboxylic acids is 3. The lowest BCUT2D eigenvalue weighted by Gasteiger charge is -2.26. The lowest BCUT2D eigenvalue weighted by Crippen LogP contribution is -2.41. The third-order valence-corrected chi connectivity index (χ3v) is 5.11. The van der Waals surface area contributed by atoms with E-state index in [2.05, 4.69) is 0 Å². The van der Waals surface area contributed by atoms with E-state index >= 15 is 0 Å². The molecular formula is C26H28N2O5. The Morgan fingerprint density at radius 1 is 0.818 bits per heavy atom. The third-order valence-electron chi connectivity index (χ3n) is 5.11. The van der Waals surface area contributed by atoms with Crippen molar-refractivity contribution in [1.82, 2.24) is 4.57 Å². The molecule has 2 aromatic carbocycles. The van der Waals surface area contributed by atoms with Gasteiger partial charge in [0.1, 0.15) is 11.2 Å². The number of amides is 2. The van der Waals surface area contributed by atoms with Gasteiger partial charge in [0.25, 0.3) is 0 Å². The van der Waals surface area contributed by atoms with E-state index in [1.165, 1.54) is 4.57 Å². The number of hydrogen-bond acceptors (Lipinski definition) is 5. The van der Waals surface area contributed by atoms with Crippen LogP contribution in [-0.4, -0.2) is 33.9 Å².